The number of carbonyl (C=O) groups excluding carboxylic acids is 2. The third-order valence-electron chi connectivity index (χ3n) is 6.20. The summed E-state index contributed by atoms with van der Waals surface area (Å²) in [6, 6.07) is 8.31. The summed E-state index contributed by atoms with van der Waals surface area (Å²) in [5.41, 5.74) is 2.31. The predicted octanol–water partition coefficient (Wildman–Crippen LogP) is 8.14. The third-order valence-corrected chi connectivity index (χ3v) is 6.20. The van der Waals surface area contributed by atoms with Crippen LogP contribution in [0.25, 0.3) is 0 Å². The quantitative estimate of drug-likeness (QED) is 0.131. The van der Waals surface area contributed by atoms with Gasteiger partial charge in [-0.3, -0.25) is 9.59 Å². The number of hydrogen-bond donors (Lipinski definition) is 2. The van der Waals surface area contributed by atoms with E-state index in [-0.39, 0.29) is 17.7 Å². The lowest BCUT2D eigenvalue weighted by atomic mass is 9.96. The van der Waals surface area contributed by atoms with E-state index in [1.165, 1.54) is 5.56 Å². The van der Waals surface area contributed by atoms with E-state index in [1.807, 2.05) is 19.1 Å². The van der Waals surface area contributed by atoms with Crippen molar-refractivity contribution in [3.8, 4) is 0 Å². The molecule has 4 nitrogen and oxygen atoms in total. The molecular formula is C35H52N2O2. The smallest absolute Gasteiger partial charge is 0.227 e. The second-order valence-corrected chi connectivity index (χ2v) is 10.3. The molecule has 0 spiro atoms. The van der Waals surface area contributed by atoms with Crippen molar-refractivity contribution in [1.29, 1.82) is 0 Å². The second-order valence-electron chi connectivity index (χ2n) is 10.3. The van der Waals surface area contributed by atoms with Gasteiger partial charge in [0.1, 0.15) is 0 Å². The summed E-state index contributed by atoms with van der Waals surface area (Å²) in [4.78, 5) is 24.5. The molecule has 1 aromatic rings. The first-order valence-corrected chi connectivity index (χ1v) is 14.8. The second kappa shape index (κ2) is 22.8. The monoisotopic (exact) mass is 532 g/mol. The van der Waals surface area contributed by atoms with Crippen LogP contribution in [0, 0.1) is 5.92 Å². The van der Waals surface area contributed by atoms with Gasteiger partial charge in [-0.05, 0) is 75.3 Å². The summed E-state index contributed by atoms with van der Waals surface area (Å²) in [5.74, 6) is 0.423. The Hall–Kier alpha value is -3.14. The summed E-state index contributed by atoms with van der Waals surface area (Å²) in [6.07, 6.45) is 30.1. The summed E-state index contributed by atoms with van der Waals surface area (Å²) in [6.45, 7) is 9.36. The Balaban J connectivity index is 2.05. The Bertz CT molecular complexity index is 936. The standard InChI is InChI=1S/C35H52N2O2/c1-5-6-7-8-9-10-11-12-13-14-15-16-17-18-19-20-21-22-34(38)36-27-28-37-35(39)31(4)33-25-23-32(24-26-33)29-30(2)3/h6-7,9-10,12-13,15-16,18-19,23-26,30-31H,5,8,11,14,17,20-22,27-29H2,1-4H3,(H,36,38)(H,37,39)/b7-6-,10-9-,13-12-,16-15-,19-18-. The normalized spacial score (nSPS) is 13.1. The average molecular weight is 533 g/mol. The SMILES string of the molecule is CC/C=C\C/C=C\C/C=C\C/C=C\C/C=C\CCCC(=O)NCCNC(=O)C(C)c1ccc(CC(C)C)cc1. The Morgan fingerprint density at radius 1 is 0.718 bits per heavy atom. The number of nitrogens with one attached hydrogen (secondary N) is 2. The molecule has 1 aromatic carbocycles. The van der Waals surface area contributed by atoms with Crippen molar-refractivity contribution in [3.05, 3.63) is 96.2 Å². The Kier molecular flexibility index (Phi) is 19.8. The minimum Gasteiger partial charge on any atom is -0.354 e. The van der Waals surface area contributed by atoms with Crippen molar-refractivity contribution in [1.82, 2.24) is 10.6 Å². The van der Waals surface area contributed by atoms with E-state index >= 15 is 0 Å². The van der Waals surface area contributed by atoms with E-state index in [2.05, 4.69) is 104 Å². The van der Waals surface area contributed by atoms with Gasteiger partial charge in [0.15, 0.2) is 0 Å². The van der Waals surface area contributed by atoms with E-state index in [9.17, 15) is 9.59 Å². The number of carbonyl (C=O) groups is 2. The van der Waals surface area contributed by atoms with Crippen molar-refractivity contribution in [2.45, 2.75) is 91.4 Å². The van der Waals surface area contributed by atoms with Crippen LogP contribution in [0.4, 0.5) is 0 Å². The molecule has 1 atom stereocenters. The van der Waals surface area contributed by atoms with Gasteiger partial charge in [-0.1, -0.05) is 106 Å². The fraction of sp³-hybridized carbons (Fsp3) is 0.486. The summed E-state index contributed by atoms with van der Waals surface area (Å²) in [5, 5.41) is 5.82. The van der Waals surface area contributed by atoms with E-state index in [4.69, 9.17) is 0 Å². The molecule has 1 unspecified atom stereocenters. The molecule has 2 amide bonds. The lowest BCUT2D eigenvalue weighted by Gasteiger charge is -2.14. The van der Waals surface area contributed by atoms with Gasteiger partial charge in [0.05, 0.1) is 5.92 Å². The maximum atomic E-state index is 12.5. The molecule has 0 aliphatic carbocycles. The molecule has 0 aliphatic rings. The van der Waals surface area contributed by atoms with Crippen LogP contribution in [0.15, 0.2) is 85.0 Å². The molecule has 1 rings (SSSR count). The summed E-state index contributed by atoms with van der Waals surface area (Å²) < 4.78 is 0. The highest BCUT2D eigenvalue weighted by Gasteiger charge is 2.14. The number of unbranched alkanes of at least 4 members (excludes halogenated alkanes) is 1. The Morgan fingerprint density at radius 2 is 1.23 bits per heavy atom. The zero-order valence-electron chi connectivity index (χ0n) is 24.8. The Morgan fingerprint density at radius 3 is 1.77 bits per heavy atom. The lowest BCUT2D eigenvalue weighted by Crippen LogP contribution is -2.36. The Labute approximate surface area is 238 Å². The van der Waals surface area contributed by atoms with Crippen LogP contribution < -0.4 is 10.6 Å². The van der Waals surface area contributed by atoms with Crippen molar-refractivity contribution in [2.75, 3.05) is 13.1 Å². The average Bonchev–Trinajstić information content (AvgIpc) is 2.92. The van der Waals surface area contributed by atoms with Gasteiger partial charge < -0.3 is 10.6 Å². The number of rotatable bonds is 20. The van der Waals surface area contributed by atoms with Gasteiger partial charge in [0, 0.05) is 19.5 Å². The first kappa shape index (κ1) is 33.9. The van der Waals surface area contributed by atoms with Crippen LogP contribution >= 0.6 is 0 Å². The number of allylic oxidation sites excluding steroid dienone is 10. The van der Waals surface area contributed by atoms with Gasteiger partial charge in [-0.2, -0.15) is 0 Å². The molecule has 0 aliphatic heterocycles. The van der Waals surface area contributed by atoms with Crippen LogP contribution in [0.5, 0.6) is 0 Å². The van der Waals surface area contributed by atoms with E-state index in [0.29, 0.717) is 25.4 Å². The maximum Gasteiger partial charge on any atom is 0.227 e. The van der Waals surface area contributed by atoms with Gasteiger partial charge in [0.2, 0.25) is 11.8 Å². The molecule has 0 radical (unpaired) electrons. The van der Waals surface area contributed by atoms with Crippen molar-refractivity contribution < 1.29 is 9.59 Å². The van der Waals surface area contributed by atoms with Crippen LogP contribution in [0.3, 0.4) is 0 Å². The van der Waals surface area contributed by atoms with E-state index in [1.54, 1.807) is 0 Å². The highest BCUT2D eigenvalue weighted by molar-refractivity contribution is 5.83. The van der Waals surface area contributed by atoms with Crippen molar-refractivity contribution >= 4 is 11.8 Å². The molecule has 0 aromatic heterocycles. The number of benzene rings is 1. The molecule has 2 N–H and O–H groups in total. The minimum absolute atomic E-state index is 0.0146. The fourth-order valence-corrected chi connectivity index (χ4v) is 3.94. The number of hydrogen-bond acceptors (Lipinski definition) is 2. The van der Waals surface area contributed by atoms with Crippen molar-refractivity contribution in [2.24, 2.45) is 5.92 Å². The first-order valence-electron chi connectivity index (χ1n) is 14.8. The van der Waals surface area contributed by atoms with Gasteiger partial charge in [0.25, 0.3) is 0 Å². The van der Waals surface area contributed by atoms with Crippen LogP contribution in [0.2, 0.25) is 0 Å². The summed E-state index contributed by atoms with van der Waals surface area (Å²) in [7, 11) is 0. The molecule has 0 bridgehead atoms. The van der Waals surface area contributed by atoms with Gasteiger partial charge in [-0.15, -0.1) is 0 Å². The van der Waals surface area contributed by atoms with E-state index < -0.39 is 0 Å². The molecule has 214 valence electrons. The van der Waals surface area contributed by atoms with Crippen molar-refractivity contribution in [3.63, 3.8) is 0 Å². The molecule has 0 heterocycles. The lowest BCUT2D eigenvalue weighted by molar-refractivity contribution is -0.123. The topological polar surface area (TPSA) is 58.2 Å². The van der Waals surface area contributed by atoms with E-state index in [0.717, 1.165) is 56.9 Å². The third kappa shape index (κ3) is 18.7. The maximum absolute atomic E-state index is 12.5. The molecular weight excluding hydrogens is 480 g/mol. The highest BCUT2D eigenvalue weighted by Crippen LogP contribution is 2.17. The van der Waals surface area contributed by atoms with Crippen LogP contribution in [0.1, 0.15) is 96.1 Å². The largest absolute Gasteiger partial charge is 0.354 e. The molecule has 0 saturated carbocycles. The predicted molar refractivity (Wildman–Crippen MR) is 168 cm³/mol. The highest BCUT2D eigenvalue weighted by atomic mass is 16.2. The zero-order valence-corrected chi connectivity index (χ0v) is 24.8. The van der Waals surface area contributed by atoms with Crippen LogP contribution in [-0.2, 0) is 16.0 Å². The first-order chi connectivity index (χ1) is 18.9. The van der Waals surface area contributed by atoms with Gasteiger partial charge in [-0.25, -0.2) is 0 Å². The summed E-state index contributed by atoms with van der Waals surface area (Å²) >= 11 is 0. The zero-order chi connectivity index (χ0) is 28.6. The minimum atomic E-state index is -0.211. The molecule has 0 saturated heterocycles. The molecule has 39 heavy (non-hydrogen) atoms. The van der Waals surface area contributed by atoms with Gasteiger partial charge >= 0.3 is 0 Å². The molecule has 0 fully saturated rings. The molecule has 4 heteroatoms. The van der Waals surface area contributed by atoms with Crippen LogP contribution in [-0.4, -0.2) is 24.9 Å². The number of amides is 2. The fourth-order valence-electron chi connectivity index (χ4n) is 3.94.